The van der Waals surface area contributed by atoms with E-state index in [1.807, 2.05) is 6.08 Å². The van der Waals surface area contributed by atoms with Gasteiger partial charge in [0.25, 0.3) is 0 Å². The summed E-state index contributed by atoms with van der Waals surface area (Å²) in [7, 11) is 0. The van der Waals surface area contributed by atoms with E-state index >= 15 is 0 Å². The third-order valence-electron chi connectivity index (χ3n) is 2.79. The van der Waals surface area contributed by atoms with Crippen molar-refractivity contribution in [2.45, 2.75) is 48.0 Å². The van der Waals surface area contributed by atoms with E-state index in [-0.39, 0.29) is 10.8 Å². The van der Waals surface area contributed by atoms with Crippen LogP contribution in [0.15, 0.2) is 48.6 Å². The van der Waals surface area contributed by atoms with Crippen molar-refractivity contribution in [3.8, 4) is 0 Å². The fraction of sp³-hybridized carbons (Fsp3) is 0.529. The van der Waals surface area contributed by atoms with Crippen LogP contribution in [0, 0.1) is 10.8 Å². The molecule has 0 bridgehead atoms. The maximum Gasteiger partial charge on any atom is -0.0106 e. The Morgan fingerprint density at radius 2 is 1.41 bits per heavy atom. The van der Waals surface area contributed by atoms with Gasteiger partial charge in [0, 0.05) is 0 Å². The van der Waals surface area contributed by atoms with Gasteiger partial charge in [-0.2, -0.15) is 0 Å². The molecule has 0 aliphatic heterocycles. The third-order valence-corrected chi connectivity index (χ3v) is 2.79. The summed E-state index contributed by atoms with van der Waals surface area (Å²) in [4.78, 5) is 0. The standard InChI is InChI=1S/C17H28/c1-10-11-13(2)12-15(17(7,8)9)14(3)16(4,5)6/h10,12H,1-3,11H2,4-9H3/b15-12+. The van der Waals surface area contributed by atoms with E-state index in [1.54, 1.807) is 0 Å². The molecule has 0 N–H and O–H groups in total. The van der Waals surface area contributed by atoms with E-state index in [0.29, 0.717) is 0 Å². The van der Waals surface area contributed by atoms with Crippen LogP contribution in [0.2, 0.25) is 0 Å². The quantitative estimate of drug-likeness (QED) is 0.431. The summed E-state index contributed by atoms with van der Waals surface area (Å²) in [6.07, 6.45) is 4.89. The van der Waals surface area contributed by atoms with Crippen molar-refractivity contribution in [1.82, 2.24) is 0 Å². The Morgan fingerprint density at radius 1 is 0.941 bits per heavy atom. The van der Waals surface area contributed by atoms with Gasteiger partial charge in [-0.05, 0) is 28.4 Å². The first kappa shape index (κ1) is 16.0. The highest BCUT2D eigenvalue weighted by atomic mass is 14.3. The molecule has 0 spiro atoms. The van der Waals surface area contributed by atoms with Crippen molar-refractivity contribution in [3.63, 3.8) is 0 Å². The molecule has 0 aliphatic rings. The zero-order valence-corrected chi connectivity index (χ0v) is 12.5. The van der Waals surface area contributed by atoms with E-state index < -0.39 is 0 Å². The summed E-state index contributed by atoms with van der Waals surface area (Å²) in [5.41, 5.74) is 3.75. The number of rotatable bonds is 4. The first-order valence-corrected chi connectivity index (χ1v) is 6.20. The van der Waals surface area contributed by atoms with E-state index in [0.717, 1.165) is 12.0 Å². The highest BCUT2D eigenvalue weighted by Crippen LogP contribution is 2.39. The van der Waals surface area contributed by atoms with Gasteiger partial charge in [0.2, 0.25) is 0 Å². The highest BCUT2D eigenvalue weighted by molar-refractivity contribution is 5.41. The lowest BCUT2D eigenvalue weighted by molar-refractivity contribution is 0.447. The largest absolute Gasteiger partial charge is 0.103 e. The summed E-state index contributed by atoms with van der Waals surface area (Å²) < 4.78 is 0. The lowest BCUT2D eigenvalue weighted by Crippen LogP contribution is -2.19. The Bertz CT molecular complexity index is 337. The molecule has 0 aromatic rings. The molecule has 0 atom stereocenters. The molecule has 0 aromatic carbocycles. The van der Waals surface area contributed by atoms with Gasteiger partial charge in [-0.25, -0.2) is 0 Å². The molecule has 0 aliphatic carbocycles. The highest BCUT2D eigenvalue weighted by Gasteiger charge is 2.26. The summed E-state index contributed by atoms with van der Waals surface area (Å²) in [5, 5.41) is 0. The topological polar surface area (TPSA) is 0 Å². The van der Waals surface area contributed by atoms with Crippen LogP contribution in [0.5, 0.6) is 0 Å². The Hall–Kier alpha value is -1.04. The smallest absolute Gasteiger partial charge is 0.0106 e. The third kappa shape index (κ3) is 5.21. The monoisotopic (exact) mass is 232 g/mol. The summed E-state index contributed by atoms with van der Waals surface area (Å²) in [5.74, 6) is 0. The molecule has 0 aromatic heterocycles. The minimum absolute atomic E-state index is 0.0908. The van der Waals surface area contributed by atoms with Crippen molar-refractivity contribution >= 4 is 0 Å². The molecule has 0 fully saturated rings. The predicted molar refractivity (Wildman–Crippen MR) is 80.1 cm³/mol. The van der Waals surface area contributed by atoms with Gasteiger partial charge in [-0.15, -0.1) is 6.58 Å². The van der Waals surface area contributed by atoms with Gasteiger partial charge in [0.1, 0.15) is 0 Å². The van der Waals surface area contributed by atoms with E-state index in [2.05, 4.69) is 67.4 Å². The average Bonchev–Trinajstić information content (AvgIpc) is 2.10. The maximum atomic E-state index is 4.27. The van der Waals surface area contributed by atoms with E-state index in [1.165, 1.54) is 11.1 Å². The predicted octanol–water partition coefficient (Wildman–Crippen LogP) is 5.69. The second-order valence-electron chi connectivity index (χ2n) is 6.69. The lowest BCUT2D eigenvalue weighted by Gasteiger charge is -2.32. The lowest BCUT2D eigenvalue weighted by atomic mass is 9.72. The first-order valence-electron chi connectivity index (χ1n) is 6.20. The normalized spacial score (nSPS) is 13.4. The molecule has 96 valence electrons. The Morgan fingerprint density at radius 3 is 1.71 bits per heavy atom. The van der Waals surface area contributed by atoms with Gasteiger partial charge in [-0.1, -0.05) is 72.4 Å². The van der Waals surface area contributed by atoms with Crippen molar-refractivity contribution in [3.05, 3.63) is 48.6 Å². The average molecular weight is 232 g/mol. The zero-order valence-electron chi connectivity index (χ0n) is 12.5. The molecule has 0 amide bonds. The number of allylic oxidation sites excluding steroid dienone is 5. The minimum atomic E-state index is 0.0908. The molecular weight excluding hydrogens is 204 g/mol. The van der Waals surface area contributed by atoms with Gasteiger partial charge in [0.15, 0.2) is 0 Å². The molecule has 0 nitrogen and oxygen atoms in total. The number of hydrogen-bond acceptors (Lipinski definition) is 0. The molecule has 0 unspecified atom stereocenters. The van der Waals surface area contributed by atoms with Crippen molar-refractivity contribution in [2.24, 2.45) is 10.8 Å². The molecular formula is C17H28. The number of hydrogen-bond donors (Lipinski definition) is 0. The zero-order chi connectivity index (χ0) is 13.9. The van der Waals surface area contributed by atoms with Crippen molar-refractivity contribution in [2.75, 3.05) is 0 Å². The second-order valence-corrected chi connectivity index (χ2v) is 6.69. The van der Waals surface area contributed by atoms with Crippen LogP contribution in [0.3, 0.4) is 0 Å². The van der Waals surface area contributed by atoms with Gasteiger partial charge >= 0.3 is 0 Å². The van der Waals surface area contributed by atoms with Crippen LogP contribution in [0.1, 0.15) is 48.0 Å². The molecule has 0 heteroatoms. The maximum absolute atomic E-state index is 4.27. The molecule has 0 saturated carbocycles. The van der Waals surface area contributed by atoms with Crippen LogP contribution >= 0.6 is 0 Å². The second kappa shape index (κ2) is 5.53. The summed E-state index contributed by atoms with van der Waals surface area (Å²) >= 11 is 0. The fourth-order valence-electron chi connectivity index (χ4n) is 1.61. The van der Waals surface area contributed by atoms with Crippen LogP contribution in [0.4, 0.5) is 0 Å². The van der Waals surface area contributed by atoms with Crippen molar-refractivity contribution in [1.29, 1.82) is 0 Å². The SMILES string of the molecule is C=CCC(=C)/C=C(\C(=C)C(C)(C)C)C(C)(C)C. The Balaban J connectivity index is 5.39. The first-order chi connectivity index (χ1) is 7.50. The van der Waals surface area contributed by atoms with Crippen LogP contribution in [-0.2, 0) is 0 Å². The molecule has 0 heterocycles. The van der Waals surface area contributed by atoms with Gasteiger partial charge in [-0.3, -0.25) is 0 Å². The van der Waals surface area contributed by atoms with Crippen LogP contribution in [0.25, 0.3) is 0 Å². The van der Waals surface area contributed by atoms with E-state index in [4.69, 9.17) is 0 Å². The van der Waals surface area contributed by atoms with Crippen LogP contribution in [-0.4, -0.2) is 0 Å². The molecule has 17 heavy (non-hydrogen) atoms. The van der Waals surface area contributed by atoms with Gasteiger partial charge < -0.3 is 0 Å². The van der Waals surface area contributed by atoms with Crippen LogP contribution < -0.4 is 0 Å². The fourth-order valence-corrected chi connectivity index (χ4v) is 1.61. The Kier molecular flexibility index (Phi) is 5.19. The minimum Gasteiger partial charge on any atom is -0.103 e. The summed E-state index contributed by atoms with van der Waals surface area (Å²) in [6.45, 7) is 25.4. The van der Waals surface area contributed by atoms with E-state index in [9.17, 15) is 0 Å². The molecule has 0 rings (SSSR count). The van der Waals surface area contributed by atoms with Crippen molar-refractivity contribution < 1.29 is 0 Å². The van der Waals surface area contributed by atoms with Gasteiger partial charge in [0.05, 0.1) is 0 Å². The molecule has 0 radical (unpaired) electrons. The Labute approximate surface area is 108 Å². The molecule has 0 saturated heterocycles. The summed E-state index contributed by atoms with van der Waals surface area (Å²) in [6, 6.07) is 0.